The number of ether oxygens (including phenoxy) is 3. The Kier molecular flexibility index (Phi) is 6.66. The lowest BCUT2D eigenvalue weighted by molar-refractivity contribution is 0.0696. The summed E-state index contributed by atoms with van der Waals surface area (Å²) in [6, 6.07) is 12.6. The predicted molar refractivity (Wildman–Crippen MR) is 112 cm³/mol. The molecule has 0 fully saturated rings. The topological polar surface area (TPSA) is 120 Å². The van der Waals surface area contributed by atoms with E-state index in [2.05, 4.69) is 15.3 Å². The third-order valence-electron chi connectivity index (χ3n) is 3.93. The Bertz CT molecular complexity index is 1070. The number of benzene rings is 1. The summed E-state index contributed by atoms with van der Waals surface area (Å²) in [5.74, 6) is 0.200. The molecule has 2 N–H and O–H groups in total. The minimum absolute atomic E-state index is 0.0182. The molecule has 0 aliphatic carbocycles. The number of anilines is 1. The van der Waals surface area contributed by atoms with Gasteiger partial charge in [0.2, 0.25) is 11.8 Å². The van der Waals surface area contributed by atoms with Gasteiger partial charge in [0, 0.05) is 18.3 Å². The van der Waals surface area contributed by atoms with Crippen molar-refractivity contribution in [2.45, 2.75) is 20.0 Å². The van der Waals surface area contributed by atoms with Gasteiger partial charge in [0.25, 0.3) is 5.91 Å². The maximum Gasteiger partial charge on any atom is 0.337 e. The van der Waals surface area contributed by atoms with Crippen LogP contribution in [-0.2, 0) is 0 Å². The van der Waals surface area contributed by atoms with Gasteiger partial charge in [-0.3, -0.25) is 4.79 Å². The number of carbonyl (C=O) groups excluding carboxylic acids is 1. The number of amides is 1. The van der Waals surface area contributed by atoms with Crippen molar-refractivity contribution in [1.82, 2.24) is 9.97 Å². The highest BCUT2D eigenvalue weighted by atomic mass is 16.5. The van der Waals surface area contributed by atoms with Crippen molar-refractivity contribution in [3.8, 4) is 23.3 Å². The molecule has 0 saturated carbocycles. The number of rotatable bonds is 8. The fourth-order valence-electron chi connectivity index (χ4n) is 2.51. The maximum atomic E-state index is 12.7. The second-order valence-corrected chi connectivity index (χ2v) is 6.67. The Balaban J connectivity index is 1.84. The monoisotopic (exact) mass is 423 g/mol. The molecular formula is C22H21N3O6. The zero-order valence-corrected chi connectivity index (χ0v) is 17.2. The van der Waals surface area contributed by atoms with Crippen LogP contribution in [0.25, 0.3) is 0 Å². The highest BCUT2D eigenvalue weighted by molar-refractivity contribution is 6.04. The molecule has 0 aliphatic heterocycles. The predicted octanol–water partition coefficient (Wildman–Crippen LogP) is 4.02. The van der Waals surface area contributed by atoms with E-state index in [0.29, 0.717) is 11.5 Å². The van der Waals surface area contributed by atoms with Crippen LogP contribution in [0.4, 0.5) is 5.82 Å². The van der Waals surface area contributed by atoms with Crippen molar-refractivity contribution < 1.29 is 28.9 Å². The Morgan fingerprint density at radius 2 is 1.65 bits per heavy atom. The summed E-state index contributed by atoms with van der Waals surface area (Å²) in [5, 5.41) is 11.6. The van der Waals surface area contributed by atoms with Crippen molar-refractivity contribution in [1.29, 1.82) is 0 Å². The van der Waals surface area contributed by atoms with Crippen LogP contribution in [0.15, 0.2) is 54.7 Å². The number of methoxy groups -OCH3 is 1. The van der Waals surface area contributed by atoms with Gasteiger partial charge < -0.3 is 24.6 Å². The van der Waals surface area contributed by atoms with Gasteiger partial charge in [-0.25, -0.2) is 9.78 Å². The summed E-state index contributed by atoms with van der Waals surface area (Å²) in [5.41, 5.74) is 0.253. The van der Waals surface area contributed by atoms with Crippen LogP contribution in [-0.4, -0.2) is 40.2 Å². The molecule has 2 heterocycles. The van der Waals surface area contributed by atoms with E-state index in [1.165, 1.54) is 24.3 Å². The number of carboxylic acids is 1. The number of hydrogen-bond acceptors (Lipinski definition) is 7. The third kappa shape index (κ3) is 5.92. The number of nitrogens with one attached hydrogen (secondary N) is 1. The lowest BCUT2D eigenvalue weighted by Crippen LogP contribution is -2.15. The number of pyridine rings is 2. The van der Waals surface area contributed by atoms with Crippen LogP contribution in [0.1, 0.15) is 34.6 Å². The minimum Gasteiger partial charge on any atom is -0.497 e. The first-order valence-electron chi connectivity index (χ1n) is 9.35. The molecule has 0 radical (unpaired) electrons. The van der Waals surface area contributed by atoms with Gasteiger partial charge in [0.05, 0.1) is 24.3 Å². The smallest absolute Gasteiger partial charge is 0.337 e. The van der Waals surface area contributed by atoms with Gasteiger partial charge >= 0.3 is 5.97 Å². The standard InChI is InChI=1S/C22H21N3O6/c1-13(2)30-19-10-15(21(26)24-18-9-4-14(12-23-18)22(27)28)11-20(25-19)31-17-7-5-16(29-3)6-8-17/h4-13H,1-3H3,(H,27,28)(H,23,24,26). The van der Waals surface area contributed by atoms with Crippen LogP contribution >= 0.6 is 0 Å². The highest BCUT2D eigenvalue weighted by Crippen LogP contribution is 2.26. The molecule has 0 aliphatic rings. The Morgan fingerprint density at radius 3 is 2.23 bits per heavy atom. The third-order valence-corrected chi connectivity index (χ3v) is 3.93. The molecule has 9 nitrogen and oxygen atoms in total. The molecule has 0 bridgehead atoms. The van der Waals surface area contributed by atoms with Crippen molar-refractivity contribution in [3.63, 3.8) is 0 Å². The normalized spacial score (nSPS) is 10.5. The zero-order chi connectivity index (χ0) is 22.4. The largest absolute Gasteiger partial charge is 0.497 e. The number of aromatic nitrogens is 2. The van der Waals surface area contributed by atoms with Gasteiger partial charge in [-0.2, -0.15) is 4.98 Å². The fourth-order valence-corrected chi connectivity index (χ4v) is 2.51. The zero-order valence-electron chi connectivity index (χ0n) is 17.2. The average molecular weight is 423 g/mol. The summed E-state index contributed by atoms with van der Waals surface area (Å²) in [6.45, 7) is 3.68. The van der Waals surface area contributed by atoms with Gasteiger partial charge in [0.1, 0.15) is 17.3 Å². The maximum absolute atomic E-state index is 12.7. The first-order chi connectivity index (χ1) is 14.8. The quantitative estimate of drug-likeness (QED) is 0.558. The van der Waals surface area contributed by atoms with Gasteiger partial charge in [-0.1, -0.05) is 0 Å². The molecule has 2 aromatic heterocycles. The molecule has 0 spiro atoms. The molecule has 1 aromatic carbocycles. The summed E-state index contributed by atoms with van der Waals surface area (Å²) >= 11 is 0. The molecular weight excluding hydrogens is 402 g/mol. The highest BCUT2D eigenvalue weighted by Gasteiger charge is 2.14. The first-order valence-corrected chi connectivity index (χ1v) is 9.35. The van der Waals surface area contributed by atoms with Crippen LogP contribution in [0.2, 0.25) is 0 Å². The van der Waals surface area contributed by atoms with Crippen LogP contribution in [0.5, 0.6) is 23.3 Å². The molecule has 0 saturated heterocycles. The van der Waals surface area contributed by atoms with Crippen molar-refractivity contribution >= 4 is 17.7 Å². The fraction of sp³-hybridized carbons (Fsp3) is 0.182. The number of hydrogen-bond donors (Lipinski definition) is 2. The second kappa shape index (κ2) is 9.57. The Labute approximate surface area is 178 Å². The van der Waals surface area contributed by atoms with E-state index in [0.717, 1.165) is 6.20 Å². The van der Waals surface area contributed by atoms with Gasteiger partial charge in [-0.15, -0.1) is 0 Å². The molecule has 3 rings (SSSR count). The SMILES string of the molecule is COc1ccc(Oc2cc(C(=O)Nc3ccc(C(=O)O)cn3)cc(OC(C)C)n2)cc1. The summed E-state index contributed by atoms with van der Waals surface area (Å²) < 4.78 is 16.5. The van der Waals surface area contributed by atoms with E-state index >= 15 is 0 Å². The summed E-state index contributed by atoms with van der Waals surface area (Å²) in [4.78, 5) is 31.9. The molecule has 1 amide bonds. The van der Waals surface area contributed by atoms with Crippen molar-refractivity contribution in [3.05, 3.63) is 65.9 Å². The number of carbonyl (C=O) groups is 2. The van der Waals surface area contributed by atoms with Crippen LogP contribution < -0.4 is 19.5 Å². The summed E-state index contributed by atoms with van der Waals surface area (Å²) in [6.07, 6.45) is 1.00. The first kappa shape index (κ1) is 21.6. The minimum atomic E-state index is -1.10. The van der Waals surface area contributed by atoms with Crippen LogP contribution in [0.3, 0.4) is 0 Å². The average Bonchev–Trinajstić information content (AvgIpc) is 2.74. The lowest BCUT2D eigenvalue weighted by Gasteiger charge is -2.13. The second-order valence-electron chi connectivity index (χ2n) is 6.67. The summed E-state index contributed by atoms with van der Waals surface area (Å²) in [7, 11) is 1.57. The van der Waals surface area contributed by atoms with Crippen molar-refractivity contribution in [2.75, 3.05) is 12.4 Å². The van der Waals surface area contributed by atoms with E-state index in [1.807, 2.05) is 13.8 Å². The number of carboxylic acid groups (broad SMARTS) is 1. The molecule has 31 heavy (non-hydrogen) atoms. The van der Waals surface area contributed by atoms with Gasteiger partial charge in [-0.05, 0) is 50.2 Å². The number of aromatic carboxylic acids is 1. The van der Waals surface area contributed by atoms with E-state index < -0.39 is 11.9 Å². The van der Waals surface area contributed by atoms with E-state index in [1.54, 1.807) is 31.4 Å². The molecule has 3 aromatic rings. The molecule has 0 atom stereocenters. The molecule has 0 unspecified atom stereocenters. The lowest BCUT2D eigenvalue weighted by atomic mass is 10.2. The van der Waals surface area contributed by atoms with Gasteiger partial charge in [0.15, 0.2) is 0 Å². The van der Waals surface area contributed by atoms with E-state index in [-0.39, 0.29) is 34.8 Å². The molecule has 9 heteroatoms. The Hall–Kier alpha value is -4.14. The molecule has 160 valence electrons. The van der Waals surface area contributed by atoms with Crippen LogP contribution in [0, 0.1) is 0 Å². The number of nitrogens with zero attached hydrogens (tertiary/aromatic N) is 2. The van der Waals surface area contributed by atoms with E-state index in [9.17, 15) is 9.59 Å². The van der Waals surface area contributed by atoms with E-state index in [4.69, 9.17) is 19.3 Å². The van der Waals surface area contributed by atoms with Crippen molar-refractivity contribution in [2.24, 2.45) is 0 Å². The Morgan fingerprint density at radius 1 is 0.968 bits per heavy atom.